The lowest BCUT2D eigenvalue weighted by Gasteiger charge is -2.45. The summed E-state index contributed by atoms with van der Waals surface area (Å²) in [7, 11) is 0. The number of thiophene rings is 1. The van der Waals surface area contributed by atoms with Crippen LogP contribution in [0.5, 0.6) is 0 Å². The molecule has 2 unspecified atom stereocenters. The van der Waals surface area contributed by atoms with E-state index in [1.54, 1.807) is 11.3 Å². The lowest BCUT2D eigenvalue weighted by Crippen LogP contribution is -2.65. The molecule has 1 aliphatic heterocycles. The van der Waals surface area contributed by atoms with Gasteiger partial charge in [0.05, 0.1) is 16.8 Å². The summed E-state index contributed by atoms with van der Waals surface area (Å²) < 4.78 is 3.23. The second kappa shape index (κ2) is 9.81. The molecule has 1 aliphatic carbocycles. The van der Waals surface area contributed by atoms with Crippen LogP contribution in [0.3, 0.4) is 0 Å². The van der Waals surface area contributed by atoms with Gasteiger partial charge in [-0.05, 0) is 49.8 Å². The Morgan fingerprint density at radius 2 is 1.86 bits per heavy atom. The molecule has 0 saturated heterocycles. The van der Waals surface area contributed by atoms with Crippen molar-refractivity contribution in [2.45, 2.75) is 89.8 Å². The average Bonchev–Trinajstić information content (AvgIpc) is 3.31. The van der Waals surface area contributed by atoms with Gasteiger partial charge >= 0.3 is 0 Å². The summed E-state index contributed by atoms with van der Waals surface area (Å²) in [6, 6.07) is 14.7. The Morgan fingerprint density at radius 3 is 2.54 bits per heavy atom. The molecule has 6 heteroatoms. The Morgan fingerprint density at radius 1 is 1.14 bits per heavy atom. The molecule has 0 spiro atoms. The fourth-order valence-corrected chi connectivity index (χ4v) is 6.82. The Hall–Kier alpha value is -2.60. The predicted octanol–water partition coefficient (Wildman–Crippen LogP) is 6.12. The fraction of sp³-hybridized carbons (Fsp3) is 0.517. The van der Waals surface area contributed by atoms with Crippen molar-refractivity contribution in [1.29, 1.82) is 0 Å². The van der Waals surface area contributed by atoms with Crippen LogP contribution >= 0.6 is 11.3 Å². The monoisotopic (exact) mass is 491 g/mol. The van der Waals surface area contributed by atoms with Crippen LogP contribution in [0.25, 0.3) is 10.2 Å². The quantitative estimate of drug-likeness (QED) is 0.422. The van der Waals surface area contributed by atoms with E-state index in [0.717, 1.165) is 42.3 Å². The normalized spacial score (nSPS) is 22.1. The minimum absolute atomic E-state index is 0.0172. The van der Waals surface area contributed by atoms with Crippen LogP contribution in [0.1, 0.15) is 86.1 Å². The van der Waals surface area contributed by atoms with Gasteiger partial charge in [-0.15, -0.1) is 11.3 Å². The number of nitrogens with one attached hydrogen (secondary N) is 1. The third-order valence-electron chi connectivity index (χ3n) is 8.02. The van der Waals surface area contributed by atoms with E-state index in [1.807, 2.05) is 36.1 Å². The molecule has 3 aromatic rings. The standard InChI is InChI=1S/C29H37N3O2S/c1-4-23-16-24-26(35-23)17-25-27(33)32(18-20(2)21-12-8-7-9-13-21)29(3,19-31(24)25)28(34)30-22-14-10-5-6-11-15-22/h7-9,12-13,16-17,20,22H,4-6,10-11,14-15,18-19H2,1-3H3,(H,30,34). The lowest BCUT2D eigenvalue weighted by molar-refractivity contribution is -0.133. The van der Waals surface area contributed by atoms with Gasteiger partial charge in [0, 0.05) is 17.5 Å². The second-order valence-corrected chi connectivity index (χ2v) is 11.8. The maximum Gasteiger partial charge on any atom is 0.271 e. The van der Waals surface area contributed by atoms with Crippen molar-refractivity contribution in [2.75, 3.05) is 6.54 Å². The Bertz CT molecular complexity index is 1210. The van der Waals surface area contributed by atoms with Gasteiger partial charge in [0.25, 0.3) is 5.91 Å². The number of carbonyl (C=O) groups is 2. The van der Waals surface area contributed by atoms with Crippen molar-refractivity contribution < 1.29 is 9.59 Å². The van der Waals surface area contributed by atoms with E-state index in [9.17, 15) is 9.59 Å². The van der Waals surface area contributed by atoms with Gasteiger partial charge in [0.15, 0.2) is 0 Å². The Labute approximate surface area is 212 Å². The third-order valence-corrected chi connectivity index (χ3v) is 9.24. The molecule has 1 fully saturated rings. The molecule has 5 nitrogen and oxygen atoms in total. The highest BCUT2D eigenvalue weighted by atomic mass is 32.1. The molecular formula is C29H37N3O2S. The summed E-state index contributed by atoms with van der Waals surface area (Å²) in [6.07, 6.45) is 7.83. The maximum absolute atomic E-state index is 14.0. The highest BCUT2D eigenvalue weighted by Crippen LogP contribution is 2.37. The van der Waals surface area contributed by atoms with Crippen LogP contribution < -0.4 is 5.32 Å². The molecule has 5 rings (SSSR count). The van der Waals surface area contributed by atoms with Crippen LogP contribution in [0, 0.1) is 0 Å². The van der Waals surface area contributed by atoms with Gasteiger partial charge in [0.2, 0.25) is 5.91 Å². The molecule has 1 saturated carbocycles. The molecule has 2 aliphatic rings. The predicted molar refractivity (Wildman–Crippen MR) is 143 cm³/mol. The third kappa shape index (κ3) is 4.53. The van der Waals surface area contributed by atoms with Crippen molar-refractivity contribution >= 4 is 33.4 Å². The van der Waals surface area contributed by atoms with Gasteiger partial charge in [-0.2, -0.15) is 0 Å². The largest absolute Gasteiger partial charge is 0.351 e. The molecule has 2 amide bonds. The first-order valence-corrected chi connectivity index (χ1v) is 14.0. The number of nitrogens with zero attached hydrogens (tertiary/aromatic N) is 2. The number of benzene rings is 1. The molecule has 35 heavy (non-hydrogen) atoms. The smallest absolute Gasteiger partial charge is 0.271 e. The molecule has 0 bridgehead atoms. The molecule has 1 N–H and O–H groups in total. The van der Waals surface area contributed by atoms with Gasteiger partial charge in [-0.1, -0.05) is 69.9 Å². The zero-order valence-electron chi connectivity index (χ0n) is 21.2. The molecule has 0 radical (unpaired) electrons. The van der Waals surface area contributed by atoms with Crippen molar-refractivity contribution in [1.82, 2.24) is 14.8 Å². The maximum atomic E-state index is 14.0. The van der Waals surface area contributed by atoms with Gasteiger partial charge in [-0.25, -0.2) is 0 Å². The number of hydrogen-bond acceptors (Lipinski definition) is 3. The number of amides is 2. The van der Waals surface area contributed by atoms with E-state index in [-0.39, 0.29) is 23.8 Å². The van der Waals surface area contributed by atoms with E-state index in [2.05, 4.69) is 41.9 Å². The Kier molecular flexibility index (Phi) is 6.75. The van der Waals surface area contributed by atoms with E-state index >= 15 is 0 Å². The van der Waals surface area contributed by atoms with Crippen LogP contribution in [0.4, 0.5) is 0 Å². The van der Waals surface area contributed by atoms with Crippen molar-refractivity contribution in [3.05, 3.63) is 58.6 Å². The van der Waals surface area contributed by atoms with Crippen molar-refractivity contribution in [2.24, 2.45) is 0 Å². The molecule has 2 aromatic heterocycles. The molecule has 2 atom stereocenters. The number of fused-ring (bicyclic) bond motifs is 3. The summed E-state index contributed by atoms with van der Waals surface area (Å²) in [6.45, 7) is 7.26. The second-order valence-electron chi connectivity index (χ2n) is 10.6. The van der Waals surface area contributed by atoms with Crippen LogP contribution in [-0.4, -0.2) is 39.4 Å². The molecule has 186 valence electrons. The van der Waals surface area contributed by atoms with Crippen LogP contribution in [0.15, 0.2) is 42.5 Å². The molecular weight excluding hydrogens is 454 g/mol. The number of aromatic nitrogens is 1. The number of rotatable bonds is 6. The lowest BCUT2D eigenvalue weighted by atomic mass is 9.91. The first-order chi connectivity index (χ1) is 16.9. The molecule has 1 aromatic carbocycles. The summed E-state index contributed by atoms with van der Waals surface area (Å²) in [5.74, 6) is 0.0648. The summed E-state index contributed by atoms with van der Waals surface area (Å²) in [4.78, 5) is 31.2. The number of hydrogen-bond donors (Lipinski definition) is 1. The number of carbonyl (C=O) groups excluding carboxylic acids is 2. The SMILES string of the molecule is CCc1cc2c(cc3n2CC(C)(C(=O)NC2CCCCCC2)N(CC(C)c2ccccc2)C3=O)s1. The van der Waals surface area contributed by atoms with Gasteiger partial charge in [-0.3, -0.25) is 9.59 Å². The zero-order chi connectivity index (χ0) is 24.6. The Balaban J connectivity index is 1.51. The first-order valence-electron chi connectivity index (χ1n) is 13.2. The summed E-state index contributed by atoms with van der Waals surface area (Å²) in [5, 5.41) is 3.38. The van der Waals surface area contributed by atoms with Crippen molar-refractivity contribution in [3.8, 4) is 0 Å². The number of aryl methyl sites for hydroxylation is 1. The summed E-state index contributed by atoms with van der Waals surface area (Å²) in [5.41, 5.74) is 2.02. The van der Waals surface area contributed by atoms with Crippen LogP contribution in [-0.2, 0) is 17.8 Å². The minimum atomic E-state index is -0.945. The topological polar surface area (TPSA) is 54.3 Å². The highest BCUT2D eigenvalue weighted by Gasteiger charge is 2.48. The van der Waals surface area contributed by atoms with Crippen LogP contribution in [0.2, 0.25) is 0 Å². The first kappa shape index (κ1) is 24.1. The van der Waals surface area contributed by atoms with E-state index < -0.39 is 5.54 Å². The van der Waals surface area contributed by atoms with Crippen molar-refractivity contribution in [3.63, 3.8) is 0 Å². The average molecular weight is 492 g/mol. The van der Waals surface area contributed by atoms with E-state index in [4.69, 9.17) is 0 Å². The zero-order valence-corrected chi connectivity index (χ0v) is 22.0. The fourth-order valence-electron chi connectivity index (χ4n) is 5.77. The van der Waals surface area contributed by atoms with E-state index in [0.29, 0.717) is 18.8 Å². The van der Waals surface area contributed by atoms with E-state index in [1.165, 1.54) is 23.3 Å². The minimum Gasteiger partial charge on any atom is -0.351 e. The molecule has 3 heterocycles. The summed E-state index contributed by atoms with van der Waals surface area (Å²) >= 11 is 1.75. The van der Waals surface area contributed by atoms with Gasteiger partial charge < -0.3 is 14.8 Å². The highest BCUT2D eigenvalue weighted by molar-refractivity contribution is 7.19. The van der Waals surface area contributed by atoms with Gasteiger partial charge in [0.1, 0.15) is 11.2 Å².